The van der Waals surface area contributed by atoms with Gasteiger partial charge in [-0.2, -0.15) is 0 Å². The summed E-state index contributed by atoms with van der Waals surface area (Å²) in [5, 5.41) is 11.9. The van der Waals surface area contributed by atoms with Gasteiger partial charge in [0.15, 0.2) is 0 Å². The molecule has 1 aromatic carbocycles. The van der Waals surface area contributed by atoms with Gasteiger partial charge in [-0.1, -0.05) is 12.1 Å². The van der Waals surface area contributed by atoms with Crippen molar-refractivity contribution in [3.63, 3.8) is 0 Å². The number of likely N-dealkylation sites (N-methyl/N-ethyl adjacent to an activating group) is 1. The summed E-state index contributed by atoms with van der Waals surface area (Å²) in [5.41, 5.74) is 3.10. The van der Waals surface area contributed by atoms with Crippen molar-refractivity contribution in [2.45, 2.75) is 26.8 Å². The number of carbonyl (C=O) groups excluding carboxylic acids is 1. The minimum atomic E-state index is -0.0634. The summed E-state index contributed by atoms with van der Waals surface area (Å²) in [5.74, 6) is -0.0634. The van der Waals surface area contributed by atoms with Crippen molar-refractivity contribution in [1.82, 2.24) is 4.90 Å². The van der Waals surface area contributed by atoms with Gasteiger partial charge in [0.2, 0.25) is 5.91 Å². The predicted molar refractivity (Wildman–Crippen MR) is 73.7 cm³/mol. The fourth-order valence-corrected chi connectivity index (χ4v) is 1.60. The molecule has 100 valence electrons. The Morgan fingerprint density at radius 2 is 2.11 bits per heavy atom. The van der Waals surface area contributed by atoms with Crippen LogP contribution in [0.4, 0.5) is 5.69 Å². The fraction of sp³-hybridized carbons (Fsp3) is 0.500. The molecule has 1 aromatic rings. The smallest absolute Gasteiger partial charge is 0.238 e. The zero-order valence-electron chi connectivity index (χ0n) is 11.5. The van der Waals surface area contributed by atoms with E-state index in [-0.39, 0.29) is 25.1 Å². The molecule has 0 aliphatic rings. The van der Waals surface area contributed by atoms with Gasteiger partial charge in [0, 0.05) is 11.7 Å². The summed E-state index contributed by atoms with van der Waals surface area (Å²) in [7, 11) is 1.82. The molecular formula is C14H22N2O2. The van der Waals surface area contributed by atoms with Crippen LogP contribution >= 0.6 is 0 Å². The molecule has 4 heteroatoms. The number of hydrogen-bond donors (Lipinski definition) is 2. The summed E-state index contributed by atoms with van der Waals surface area (Å²) < 4.78 is 0. The molecule has 0 aliphatic carbocycles. The third-order valence-corrected chi connectivity index (χ3v) is 3.29. The number of aliphatic hydroxyl groups excluding tert-OH is 1. The Morgan fingerprint density at radius 3 is 2.72 bits per heavy atom. The molecule has 0 spiro atoms. The monoisotopic (exact) mass is 250 g/mol. The minimum Gasteiger partial charge on any atom is -0.395 e. The predicted octanol–water partition coefficient (Wildman–Crippen LogP) is 1.55. The third kappa shape index (κ3) is 3.82. The van der Waals surface area contributed by atoms with Crippen molar-refractivity contribution in [2.24, 2.45) is 0 Å². The average molecular weight is 250 g/mol. The van der Waals surface area contributed by atoms with E-state index < -0.39 is 0 Å². The molecule has 0 heterocycles. The quantitative estimate of drug-likeness (QED) is 0.833. The van der Waals surface area contributed by atoms with Crippen LogP contribution in [0, 0.1) is 13.8 Å². The summed E-state index contributed by atoms with van der Waals surface area (Å²) in [6.45, 7) is 6.21. The van der Waals surface area contributed by atoms with Gasteiger partial charge in [0.1, 0.15) is 0 Å². The van der Waals surface area contributed by atoms with Crippen LogP contribution in [0.25, 0.3) is 0 Å². The molecule has 0 fully saturated rings. The van der Waals surface area contributed by atoms with E-state index in [4.69, 9.17) is 5.11 Å². The Morgan fingerprint density at radius 1 is 1.44 bits per heavy atom. The van der Waals surface area contributed by atoms with Crippen LogP contribution in [0.1, 0.15) is 18.1 Å². The maximum Gasteiger partial charge on any atom is 0.238 e. The first-order chi connectivity index (χ1) is 8.45. The first-order valence-corrected chi connectivity index (χ1v) is 6.13. The Kier molecular flexibility index (Phi) is 5.31. The molecule has 0 aliphatic heterocycles. The minimum absolute atomic E-state index is 0.0191. The second kappa shape index (κ2) is 6.52. The normalized spacial score (nSPS) is 12.6. The first kappa shape index (κ1) is 14.7. The van der Waals surface area contributed by atoms with Crippen LogP contribution < -0.4 is 5.32 Å². The lowest BCUT2D eigenvalue weighted by Crippen LogP contribution is -2.38. The van der Waals surface area contributed by atoms with E-state index in [9.17, 15) is 4.79 Å². The topological polar surface area (TPSA) is 52.6 Å². The van der Waals surface area contributed by atoms with Crippen LogP contribution in [-0.2, 0) is 4.79 Å². The van der Waals surface area contributed by atoms with Gasteiger partial charge in [-0.15, -0.1) is 0 Å². The molecular weight excluding hydrogens is 228 g/mol. The van der Waals surface area contributed by atoms with Gasteiger partial charge >= 0.3 is 0 Å². The first-order valence-electron chi connectivity index (χ1n) is 6.13. The lowest BCUT2D eigenvalue weighted by Gasteiger charge is -2.22. The Bertz CT molecular complexity index is 418. The highest BCUT2D eigenvalue weighted by Crippen LogP contribution is 2.17. The average Bonchev–Trinajstić information content (AvgIpc) is 2.33. The highest BCUT2D eigenvalue weighted by atomic mass is 16.3. The van der Waals surface area contributed by atoms with Gasteiger partial charge in [-0.25, -0.2) is 0 Å². The van der Waals surface area contributed by atoms with Crippen molar-refractivity contribution in [1.29, 1.82) is 0 Å². The number of benzene rings is 1. The highest BCUT2D eigenvalue weighted by molar-refractivity contribution is 5.93. The molecule has 4 nitrogen and oxygen atoms in total. The van der Waals surface area contributed by atoms with E-state index in [1.54, 1.807) is 0 Å². The van der Waals surface area contributed by atoms with Crippen LogP contribution in [0.5, 0.6) is 0 Å². The Hall–Kier alpha value is -1.39. The fourth-order valence-electron chi connectivity index (χ4n) is 1.60. The lowest BCUT2D eigenvalue weighted by atomic mass is 10.1. The number of nitrogens with zero attached hydrogens (tertiary/aromatic N) is 1. The molecule has 1 atom stereocenters. The second-order valence-electron chi connectivity index (χ2n) is 4.74. The van der Waals surface area contributed by atoms with E-state index in [1.807, 2.05) is 50.9 Å². The van der Waals surface area contributed by atoms with Crippen LogP contribution in [0.2, 0.25) is 0 Å². The molecule has 0 radical (unpaired) electrons. The molecule has 0 saturated heterocycles. The van der Waals surface area contributed by atoms with Crippen molar-refractivity contribution in [2.75, 3.05) is 25.5 Å². The molecule has 0 aromatic heterocycles. The van der Waals surface area contributed by atoms with E-state index in [0.29, 0.717) is 0 Å². The summed E-state index contributed by atoms with van der Waals surface area (Å²) in [6, 6.07) is 5.83. The van der Waals surface area contributed by atoms with Gasteiger partial charge in [0.25, 0.3) is 0 Å². The largest absolute Gasteiger partial charge is 0.395 e. The third-order valence-electron chi connectivity index (χ3n) is 3.29. The molecule has 0 saturated carbocycles. The number of rotatable bonds is 5. The number of anilines is 1. The van der Waals surface area contributed by atoms with Gasteiger partial charge < -0.3 is 10.4 Å². The molecule has 2 N–H and O–H groups in total. The van der Waals surface area contributed by atoms with Crippen molar-refractivity contribution in [3.8, 4) is 0 Å². The standard InChI is InChI=1S/C14H22N2O2/c1-10-6-5-7-13(12(10)3)15-14(18)8-16(4)11(2)9-17/h5-7,11,17H,8-9H2,1-4H3,(H,15,18). The molecule has 0 bridgehead atoms. The van der Waals surface area contributed by atoms with Crippen molar-refractivity contribution < 1.29 is 9.90 Å². The van der Waals surface area contributed by atoms with E-state index in [1.165, 1.54) is 0 Å². The number of nitrogens with one attached hydrogen (secondary N) is 1. The number of aliphatic hydroxyl groups is 1. The second-order valence-corrected chi connectivity index (χ2v) is 4.74. The summed E-state index contributed by atoms with van der Waals surface area (Å²) in [4.78, 5) is 13.7. The van der Waals surface area contributed by atoms with Crippen molar-refractivity contribution >= 4 is 11.6 Å². The Labute approximate surface area is 109 Å². The summed E-state index contributed by atoms with van der Waals surface area (Å²) >= 11 is 0. The van der Waals surface area contributed by atoms with Gasteiger partial charge in [0.05, 0.1) is 13.2 Å². The zero-order chi connectivity index (χ0) is 13.7. The molecule has 18 heavy (non-hydrogen) atoms. The molecule has 1 rings (SSSR count). The van der Waals surface area contributed by atoms with E-state index >= 15 is 0 Å². The van der Waals surface area contributed by atoms with E-state index in [0.717, 1.165) is 16.8 Å². The zero-order valence-corrected chi connectivity index (χ0v) is 11.5. The number of aryl methyl sites for hydroxylation is 1. The molecule has 1 unspecified atom stereocenters. The maximum absolute atomic E-state index is 11.9. The molecule has 1 amide bonds. The van der Waals surface area contributed by atoms with Gasteiger partial charge in [-0.3, -0.25) is 9.69 Å². The van der Waals surface area contributed by atoms with Crippen LogP contribution in [-0.4, -0.2) is 42.2 Å². The van der Waals surface area contributed by atoms with E-state index in [2.05, 4.69) is 5.32 Å². The number of carbonyl (C=O) groups is 1. The van der Waals surface area contributed by atoms with Crippen LogP contribution in [0.15, 0.2) is 18.2 Å². The number of amides is 1. The van der Waals surface area contributed by atoms with Crippen LogP contribution in [0.3, 0.4) is 0 Å². The Balaban J connectivity index is 2.62. The highest BCUT2D eigenvalue weighted by Gasteiger charge is 2.13. The maximum atomic E-state index is 11.9. The SMILES string of the molecule is Cc1cccc(NC(=O)CN(C)C(C)CO)c1C. The summed E-state index contributed by atoms with van der Waals surface area (Å²) in [6.07, 6.45) is 0. The lowest BCUT2D eigenvalue weighted by molar-refractivity contribution is -0.117. The van der Waals surface area contributed by atoms with Gasteiger partial charge in [-0.05, 0) is 45.0 Å². The number of hydrogen-bond acceptors (Lipinski definition) is 3. The van der Waals surface area contributed by atoms with Crippen molar-refractivity contribution in [3.05, 3.63) is 29.3 Å².